The Bertz CT molecular complexity index is 303. The van der Waals surface area contributed by atoms with Crippen molar-refractivity contribution in [3.05, 3.63) is 0 Å². The molecule has 1 rings (SSSR count). The number of ether oxygens (including phenoxy) is 1. The summed E-state index contributed by atoms with van der Waals surface area (Å²) in [5.74, 6) is -1.27. The van der Waals surface area contributed by atoms with E-state index < -0.39 is 18.0 Å². The number of rotatable bonds is 6. The monoisotopic (exact) mass is 257 g/mol. The van der Waals surface area contributed by atoms with Crippen LogP contribution in [0.25, 0.3) is 0 Å². The van der Waals surface area contributed by atoms with Gasteiger partial charge in [-0.05, 0) is 32.1 Å². The van der Waals surface area contributed by atoms with Crippen molar-refractivity contribution in [1.29, 1.82) is 0 Å². The van der Waals surface area contributed by atoms with Crippen LogP contribution in [0.1, 0.15) is 40.0 Å². The summed E-state index contributed by atoms with van der Waals surface area (Å²) in [6, 6.07) is 0. The van der Waals surface area contributed by atoms with Crippen LogP contribution in [0.2, 0.25) is 0 Å². The molecule has 5 heteroatoms. The first-order chi connectivity index (χ1) is 8.40. The minimum absolute atomic E-state index is 0.117. The van der Waals surface area contributed by atoms with Crippen LogP contribution in [0.4, 0.5) is 0 Å². The van der Waals surface area contributed by atoms with Crippen LogP contribution in [0.3, 0.4) is 0 Å². The van der Waals surface area contributed by atoms with Crippen LogP contribution in [-0.2, 0) is 14.3 Å². The second-order valence-corrected chi connectivity index (χ2v) is 5.42. The number of carbonyl (C=O) groups is 2. The fraction of sp³-hybridized carbons (Fsp3) is 0.846. The minimum Gasteiger partial charge on any atom is -0.481 e. The molecule has 0 aromatic rings. The Kier molecular flexibility index (Phi) is 5.59. The van der Waals surface area contributed by atoms with Gasteiger partial charge in [0.25, 0.3) is 0 Å². The summed E-state index contributed by atoms with van der Waals surface area (Å²) in [5, 5.41) is 11.7. The van der Waals surface area contributed by atoms with E-state index in [-0.39, 0.29) is 18.6 Å². The second kappa shape index (κ2) is 6.73. The van der Waals surface area contributed by atoms with E-state index in [9.17, 15) is 9.59 Å². The molecular weight excluding hydrogens is 234 g/mol. The fourth-order valence-electron chi connectivity index (χ4n) is 2.17. The van der Waals surface area contributed by atoms with Gasteiger partial charge < -0.3 is 15.2 Å². The van der Waals surface area contributed by atoms with Gasteiger partial charge in [0.2, 0.25) is 5.91 Å². The minimum atomic E-state index is -0.857. The number of nitrogens with one attached hydrogen (secondary N) is 1. The molecule has 2 N–H and O–H groups in total. The Morgan fingerprint density at radius 2 is 2.06 bits per heavy atom. The highest BCUT2D eigenvalue weighted by Gasteiger charge is 2.29. The van der Waals surface area contributed by atoms with Crippen molar-refractivity contribution in [2.45, 2.75) is 52.2 Å². The van der Waals surface area contributed by atoms with Gasteiger partial charge in [-0.3, -0.25) is 9.59 Å². The van der Waals surface area contributed by atoms with Gasteiger partial charge in [-0.25, -0.2) is 0 Å². The standard InChI is InChI=1S/C13H23NO4/c1-8(2)6-10(13(16)17)7-14-12(15)11-5-4-9(3)18-11/h8-11H,4-7H2,1-3H3,(H,14,15)(H,16,17)/t9-,10+,11+/m0/s1. The highest BCUT2D eigenvalue weighted by Crippen LogP contribution is 2.19. The molecule has 0 unspecified atom stereocenters. The zero-order valence-corrected chi connectivity index (χ0v) is 11.3. The normalized spacial score (nSPS) is 25.1. The van der Waals surface area contributed by atoms with E-state index in [4.69, 9.17) is 9.84 Å². The number of aliphatic carboxylic acids is 1. The molecule has 1 heterocycles. The summed E-state index contributed by atoms with van der Waals surface area (Å²) >= 11 is 0. The van der Waals surface area contributed by atoms with E-state index >= 15 is 0 Å². The lowest BCUT2D eigenvalue weighted by molar-refractivity contribution is -0.142. The highest BCUT2D eigenvalue weighted by atomic mass is 16.5. The summed E-state index contributed by atoms with van der Waals surface area (Å²) in [7, 11) is 0. The van der Waals surface area contributed by atoms with Crippen LogP contribution in [0.5, 0.6) is 0 Å². The van der Waals surface area contributed by atoms with Gasteiger partial charge in [0.1, 0.15) is 6.10 Å². The molecule has 0 spiro atoms. The molecule has 1 saturated heterocycles. The SMILES string of the molecule is CC(C)C[C@H](CNC(=O)[C@H]1CC[C@H](C)O1)C(=O)O. The zero-order valence-electron chi connectivity index (χ0n) is 11.3. The lowest BCUT2D eigenvalue weighted by Crippen LogP contribution is -2.39. The average Bonchev–Trinajstić information content (AvgIpc) is 2.69. The molecule has 104 valence electrons. The van der Waals surface area contributed by atoms with Crippen molar-refractivity contribution in [2.24, 2.45) is 11.8 Å². The van der Waals surface area contributed by atoms with Crippen molar-refractivity contribution >= 4 is 11.9 Å². The Labute approximate surface area is 108 Å². The average molecular weight is 257 g/mol. The van der Waals surface area contributed by atoms with Gasteiger partial charge >= 0.3 is 5.97 Å². The zero-order chi connectivity index (χ0) is 13.7. The first kappa shape index (κ1) is 15.0. The summed E-state index contributed by atoms with van der Waals surface area (Å²) in [6.07, 6.45) is 1.87. The molecule has 0 aliphatic carbocycles. The van der Waals surface area contributed by atoms with E-state index in [1.165, 1.54) is 0 Å². The molecule has 1 aliphatic rings. The highest BCUT2D eigenvalue weighted by molar-refractivity contribution is 5.81. The Morgan fingerprint density at radius 1 is 1.39 bits per heavy atom. The third-order valence-corrected chi connectivity index (χ3v) is 3.15. The molecule has 0 saturated carbocycles. The summed E-state index contributed by atoms with van der Waals surface area (Å²) < 4.78 is 5.44. The number of carboxylic acid groups (broad SMARTS) is 1. The largest absolute Gasteiger partial charge is 0.481 e. The molecule has 0 aromatic carbocycles. The van der Waals surface area contributed by atoms with Gasteiger partial charge in [0, 0.05) is 6.54 Å². The van der Waals surface area contributed by atoms with Crippen LogP contribution in [0.15, 0.2) is 0 Å². The molecule has 0 radical (unpaired) electrons. The molecule has 3 atom stereocenters. The van der Waals surface area contributed by atoms with Crippen molar-refractivity contribution in [1.82, 2.24) is 5.32 Å². The first-order valence-corrected chi connectivity index (χ1v) is 6.56. The first-order valence-electron chi connectivity index (χ1n) is 6.56. The lowest BCUT2D eigenvalue weighted by Gasteiger charge is -2.17. The van der Waals surface area contributed by atoms with Crippen LogP contribution >= 0.6 is 0 Å². The molecule has 5 nitrogen and oxygen atoms in total. The number of amides is 1. The maximum absolute atomic E-state index is 11.8. The van der Waals surface area contributed by atoms with Crippen molar-refractivity contribution in [3.8, 4) is 0 Å². The van der Waals surface area contributed by atoms with Crippen LogP contribution < -0.4 is 5.32 Å². The summed E-state index contributed by atoms with van der Waals surface area (Å²) in [6.45, 7) is 6.06. The van der Waals surface area contributed by atoms with Gasteiger partial charge in [-0.2, -0.15) is 0 Å². The van der Waals surface area contributed by atoms with Gasteiger partial charge in [-0.15, -0.1) is 0 Å². The van der Waals surface area contributed by atoms with E-state index in [1.807, 2.05) is 20.8 Å². The van der Waals surface area contributed by atoms with Crippen LogP contribution in [-0.4, -0.2) is 35.7 Å². The fourth-order valence-corrected chi connectivity index (χ4v) is 2.17. The topological polar surface area (TPSA) is 75.6 Å². The molecule has 1 aliphatic heterocycles. The smallest absolute Gasteiger partial charge is 0.308 e. The van der Waals surface area contributed by atoms with E-state index in [2.05, 4.69) is 5.32 Å². The van der Waals surface area contributed by atoms with Gasteiger partial charge in [-0.1, -0.05) is 13.8 Å². The number of hydrogen-bond donors (Lipinski definition) is 2. The summed E-state index contributed by atoms with van der Waals surface area (Å²) in [5.41, 5.74) is 0. The predicted octanol–water partition coefficient (Wildman–Crippen LogP) is 1.42. The Morgan fingerprint density at radius 3 is 2.50 bits per heavy atom. The molecule has 1 fully saturated rings. The van der Waals surface area contributed by atoms with Crippen molar-refractivity contribution < 1.29 is 19.4 Å². The third-order valence-electron chi connectivity index (χ3n) is 3.15. The Balaban J connectivity index is 2.37. The lowest BCUT2D eigenvalue weighted by atomic mass is 9.97. The van der Waals surface area contributed by atoms with E-state index in [1.54, 1.807) is 0 Å². The molecule has 1 amide bonds. The van der Waals surface area contributed by atoms with E-state index in [0.29, 0.717) is 12.3 Å². The molecule has 18 heavy (non-hydrogen) atoms. The maximum Gasteiger partial charge on any atom is 0.308 e. The van der Waals surface area contributed by atoms with Gasteiger partial charge in [0.15, 0.2) is 0 Å². The molecular formula is C13H23NO4. The van der Waals surface area contributed by atoms with Gasteiger partial charge in [0.05, 0.1) is 12.0 Å². The van der Waals surface area contributed by atoms with Crippen LogP contribution in [0, 0.1) is 11.8 Å². The third kappa shape index (κ3) is 4.64. The second-order valence-electron chi connectivity index (χ2n) is 5.42. The Hall–Kier alpha value is -1.10. The van der Waals surface area contributed by atoms with Crippen molar-refractivity contribution in [2.75, 3.05) is 6.54 Å². The number of carbonyl (C=O) groups excluding carboxylic acids is 1. The summed E-state index contributed by atoms with van der Waals surface area (Å²) in [4.78, 5) is 22.8. The molecule has 0 aromatic heterocycles. The van der Waals surface area contributed by atoms with E-state index in [0.717, 1.165) is 12.8 Å². The maximum atomic E-state index is 11.8. The number of hydrogen-bond acceptors (Lipinski definition) is 3. The van der Waals surface area contributed by atoms with Crippen molar-refractivity contribution in [3.63, 3.8) is 0 Å². The number of carboxylic acids is 1. The quantitative estimate of drug-likeness (QED) is 0.754. The predicted molar refractivity (Wildman–Crippen MR) is 67.2 cm³/mol. The molecule has 0 bridgehead atoms.